The molecule has 4 N–H and O–H groups in total. The Kier molecular flexibility index (Phi) is 3.99. The van der Waals surface area contributed by atoms with Gasteiger partial charge in [0, 0.05) is 21.0 Å². The van der Waals surface area contributed by atoms with Crippen LogP contribution in [0.2, 0.25) is 0 Å². The van der Waals surface area contributed by atoms with Crippen molar-refractivity contribution in [3.63, 3.8) is 0 Å². The first-order valence-corrected chi connectivity index (χ1v) is 3.46. The highest BCUT2D eigenvalue weighted by molar-refractivity contribution is 5.00. The molecule has 0 aromatic rings. The molecule has 4 heteroatoms. The van der Waals surface area contributed by atoms with Gasteiger partial charge >= 0.3 is 0 Å². The molecule has 0 aromatic carbocycles. The minimum atomic E-state index is 0.0199. The lowest BCUT2D eigenvalue weighted by molar-refractivity contribution is -0.983. The van der Waals surface area contributed by atoms with Crippen molar-refractivity contribution < 1.29 is 4.81 Å². The fraction of sp³-hybridized carbons (Fsp3) is 0.429. The lowest BCUT2D eigenvalue weighted by Crippen LogP contribution is -2.67. The summed E-state index contributed by atoms with van der Waals surface area (Å²) in [6.07, 6.45) is 3.54. The monoisotopic (exact) mass is 157 g/mol. The topological polar surface area (TPSA) is 50.1 Å². The summed E-state index contributed by atoms with van der Waals surface area (Å²) in [4.78, 5) is 0.0199. The summed E-state index contributed by atoms with van der Waals surface area (Å²) in [6, 6.07) is 0. The number of nitrogens with two attached hydrogens (primary N) is 1. The first-order valence-electron chi connectivity index (χ1n) is 3.46. The predicted octanol–water partition coefficient (Wildman–Crippen LogP) is 0.0355. The van der Waals surface area contributed by atoms with E-state index >= 15 is 0 Å². The molecule has 0 spiro atoms. The summed E-state index contributed by atoms with van der Waals surface area (Å²) < 4.78 is 0. The van der Waals surface area contributed by atoms with Crippen LogP contribution in [0.3, 0.4) is 0 Å². The molecule has 0 fully saturated rings. The van der Waals surface area contributed by atoms with E-state index in [1.807, 2.05) is 13.0 Å². The number of allylic oxidation sites excluding steroid dienone is 3. The van der Waals surface area contributed by atoms with Crippen LogP contribution in [-0.4, -0.2) is 18.9 Å². The third kappa shape index (κ3) is 2.44. The summed E-state index contributed by atoms with van der Waals surface area (Å²) in [6.45, 7) is 5.50. The van der Waals surface area contributed by atoms with Crippen molar-refractivity contribution >= 4 is 0 Å². The number of hydrogen-bond acceptors (Lipinski definition) is 3. The van der Waals surface area contributed by atoms with Crippen molar-refractivity contribution in [1.29, 1.82) is 0 Å². The van der Waals surface area contributed by atoms with Crippen LogP contribution in [0.15, 0.2) is 24.4 Å². The Morgan fingerprint density at radius 1 is 1.45 bits per heavy atom. The molecule has 0 saturated carbocycles. The van der Waals surface area contributed by atoms with E-state index in [0.29, 0.717) is 0 Å². The average Bonchev–Trinajstić information content (AvgIpc) is 2.03. The summed E-state index contributed by atoms with van der Waals surface area (Å²) in [5, 5.41) is 0. The van der Waals surface area contributed by atoms with Crippen LogP contribution in [-0.2, 0) is 0 Å². The molecule has 0 unspecified atom stereocenters. The van der Waals surface area contributed by atoms with Gasteiger partial charge in [-0.15, -0.1) is 16.7 Å². The van der Waals surface area contributed by atoms with Crippen molar-refractivity contribution in [2.75, 3.05) is 14.1 Å². The third-order valence-corrected chi connectivity index (χ3v) is 1.62. The normalized spacial score (nSPS) is 13.3. The molecular weight excluding hydrogens is 140 g/mol. The molecule has 0 saturated heterocycles. The van der Waals surface area contributed by atoms with Crippen molar-refractivity contribution in [2.45, 2.75) is 6.92 Å². The van der Waals surface area contributed by atoms with Gasteiger partial charge in [-0.05, 0) is 6.08 Å². The van der Waals surface area contributed by atoms with E-state index in [1.54, 1.807) is 20.2 Å². The fourth-order valence-electron chi connectivity index (χ4n) is 0.753. The number of quaternary nitrogens is 1. The van der Waals surface area contributed by atoms with Crippen LogP contribution in [0.25, 0.3) is 0 Å². The SMILES string of the molecule is C=C/C=C(/C)[N+](N)(NC)NC. The van der Waals surface area contributed by atoms with E-state index < -0.39 is 0 Å². The zero-order valence-electron chi connectivity index (χ0n) is 7.39. The second kappa shape index (κ2) is 4.25. The molecule has 0 rings (SSSR count). The number of rotatable bonds is 4. The highest BCUT2D eigenvalue weighted by Gasteiger charge is 2.21. The summed E-state index contributed by atoms with van der Waals surface area (Å²) >= 11 is 0. The van der Waals surface area contributed by atoms with Gasteiger partial charge in [-0.1, -0.05) is 17.5 Å². The van der Waals surface area contributed by atoms with Crippen molar-refractivity contribution in [1.82, 2.24) is 10.9 Å². The van der Waals surface area contributed by atoms with Gasteiger partial charge in [0.2, 0.25) is 0 Å². The molecule has 0 aromatic heterocycles. The lowest BCUT2D eigenvalue weighted by atomic mass is 10.4. The molecule has 0 heterocycles. The van der Waals surface area contributed by atoms with Gasteiger partial charge in [0.05, 0.1) is 0 Å². The van der Waals surface area contributed by atoms with E-state index in [2.05, 4.69) is 17.4 Å². The summed E-state index contributed by atoms with van der Waals surface area (Å²) in [5.74, 6) is 5.83. The fourth-order valence-corrected chi connectivity index (χ4v) is 0.753. The zero-order valence-corrected chi connectivity index (χ0v) is 7.39. The van der Waals surface area contributed by atoms with E-state index in [1.165, 1.54) is 0 Å². The highest BCUT2D eigenvalue weighted by Crippen LogP contribution is 2.00. The van der Waals surface area contributed by atoms with Gasteiger partial charge in [0.15, 0.2) is 5.70 Å². The third-order valence-electron chi connectivity index (χ3n) is 1.62. The van der Waals surface area contributed by atoms with Crippen molar-refractivity contribution in [2.24, 2.45) is 5.84 Å². The highest BCUT2D eigenvalue weighted by atomic mass is 16.0. The minimum absolute atomic E-state index is 0.0199. The molecule has 0 atom stereocenters. The molecule has 0 bridgehead atoms. The van der Waals surface area contributed by atoms with Gasteiger partial charge in [0.25, 0.3) is 0 Å². The second-order valence-electron chi connectivity index (χ2n) is 2.21. The van der Waals surface area contributed by atoms with Crippen LogP contribution in [0.1, 0.15) is 6.92 Å². The predicted molar refractivity (Wildman–Crippen MR) is 46.5 cm³/mol. The van der Waals surface area contributed by atoms with Gasteiger partial charge in [-0.2, -0.15) is 0 Å². The molecule has 11 heavy (non-hydrogen) atoms. The Labute approximate surface area is 67.9 Å². The van der Waals surface area contributed by atoms with E-state index in [0.717, 1.165) is 5.70 Å². The van der Waals surface area contributed by atoms with Crippen LogP contribution >= 0.6 is 0 Å². The largest absolute Gasteiger partial charge is 0.165 e. The Hall–Kier alpha value is -0.680. The van der Waals surface area contributed by atoms with Gasteiger partial charge in [-0.3, -0.25) is 0 Å². The van der Waals surface area contributed by atoms with E-state index in [9.17, 15) is 0 Å². The van der Waals surface area contributed by atoms with Gasteiger partial charge in [-0.25, -0.2) is 0 Å². The zero-order chi connectivity index (χ0) is 8.91. The van der Waals surface area contributed by atoms with Crippen LogP contribution < -0.4 is 16.7 Å². The van der Waals surface area contributed by atoms with Crippen molar-refractivity contribution in [3.8, 4) is 0 Å². The number of hydrogen-bond donors (Lipinski definition) is 3. The quantitative estimate of drug-likeness (QED) is 0.234. The Morgan fingerprint density at radius 2 is 1.91 bits per heavy atom. The Morgan fingerprint density at radius 3 is 2.18 bits per heavy atom. The second-order valence-corrected chi connectivity index (χ2v) is 2.21. The number of nitrogens with zero attached hydrogens (tertiary/aromatic N) is 1. The molecule has 0 aliphatic rings. The lowest BCUT2D eigenvalue weighted by Gasteiger charge is -2.28. The van der Waals surface area contributed by atoms with Crippen molar-refractivity contribution in [3.05, 3.63) is 24.4 Å². The average molecular weight is 157 g/mol. The Balaban J connectivity index is 4.48. The van der Waals surface area contributed by atoms with E-state index in [4.69, 9.17) is 5.84 Å². The maximum absolute atomic E-state index is 5.83. The molecule has 0 aliphatic carbocycles. The standard InChI is InChI=1S/C7H17N4/c1-5-6-7(2)11(8,9-3)10-4/h5-6,9-10H,1,8H2,2-4H3/q+1/b7-6-. The van der Waals surface area contributed by atoms with Crippen LogP contribution in [0.4, 0.5) is 0 Å². The number of nitrogens with one attached hydrogen (secondary N) is 2. The Bertz CT molecular complexity index is 158. The molecule has 4 nitrogen and oxygen atoms in total. The molecule has 64 valence electrons. The summed E-state index contributed by atoms with van der Waals surface area (Å²) in [7, 11) is 3.55. The first-order chi connectivity index (χ1) is 5.10. The van der Waals surface area contributed by atoms with Gasteiger partial charge < -0.3 is 0 Å². The molecular formula is C7H17N4+. The smallest absolute Gasteiger partial charge is 0.136 e. The van der Waals surface area contributed by atoms with Crippen LogP contribution in [0, 0.1) is 0 Å². The summed E-state index contributed by atoms with van der Waals surface area (Å²) in [5.41, 5.74) is 6.74. The maximum atomic E-state index is 5.83. The van der Waals surface area contributed by atoms with E-state index in [-0.39, 0.29) is 4.81 Å². The molecule has 0 radical (unpaired) electrons. The maximum Gasteiger partial charge on any atom is 0.165 e. The van der Waals surface area contributed by atoms with Gasteiger partial charge in [0.1, 0.15) is 0 Å². The molecule has 0 aliphatic heterocycles. The first kappa shape index (κ1) is 10.3. The minimum Gasteiger partial charge on any atom is -0.136 e. The van der Waals surface area contributed by atoms with Crippen LogP contribution in [0.5, 0.6) is 0 Å². The molecule has 0 amide bonds.